The molecule has 184 valence electrons. The minimum absolute atomic E-state index is 0.125. The van der Waals surface area contributed by atoms with Gasteiger partial charge in [0.15, 0.2) is 0 Å². The predicted molar refractivity (Wildman–Crippen MR) is 122 cm³/mol. The molecule has 0 unspecified atom stereocenters. The first kappa shape index (κ1) is 25.5. The molecule has 0 saturated carbocycles. The summed E-state index contributed by atoms with van der Waals surface area (Å²) in [6.07, 6.45) is 0.0553. The monoisotopic (exact) mass is 463 g/mol. The quantitative estimate of drug-likeness (QED) is 0.563. The molecule has 1 aromatic carbocycles. The lowest BCUT2D eigenvalue weighted by atomic mass is 9.96. The molecule has 33 heavy (non-hydrogen) atoms. The molecule has 2 aliphatic heterocycles. The molecule has 8 heteroatoms. The van der Waals surface area contributed by atoms with E-state index in [0.717, 1.165) is 11.3 Å². The van der Waals surface area contributed by atoms with E-state index in [1.165, 1.54) is 0 Å². The van der Waals surface area contributed by atoms with Crippen LogP contribution in [0.1, 0.15) is 59.4 Å². The first-order valence-corrected chi connectivity index (χ1v) is 11.5. The summed E-state index contributed by atoms with van der Waals surface area (Å²) >= 11 is 0. The Morgan fingerprint density at radius 1 is 1.18 bits per heavy atom. The minimum atomic E-state index is -0.839. The van der Waals surface area contributed by atoms with Crippen LogP contribution in [-0.2, 0) is 30.3 Å². The lowest BCUT2D eigenvalue weighted by Crippen LogP contribution is -2.55. The van der Waals surface area contributed by atoms with Gasteiger partial charge in [-0.15, -0.1) is 0 Å². The summed E-state index contributed by atoms with van der Waals surface area (Å²) in [4.78, 5) is 27.0. The van der Waals surface area contributed by atoms with E-state index >= 15 is 0 Å². The van der Waals surface area contributed by atoms with Gasteiger partial charge in [0.25, 0.3) is 0 Å². The molecule has 8 nitrogen and oxygen atoms in total. The van der Waals surface area contributed by atoms with Crippen molar-refractivity contribution in [2.75, 3.05) is 20.3 Å². The maximum atomic E-state index is 12.9. The number of Topliss-reactive ketones (excluding diaryl/α,β-unsaturated/α-hetero) is 1. The van der Waals surface area contributed by atoms with Crippen molar-refractivity contribution < 1.29 is 33.3 Å². The highest BCUT2D eigenvalue weighted by atomic mass is 16.6. The third-order valence-corrected chi connectivity index (χ3v) is 5.80. The van der Waals surface area contributed by atoms with E-state index in [-0.39, 0.29) is 24.3 Å². The van der Waals surface area contributed by atoms with Crippen molar-refractivity contribution in [2.45, 2.75) is 90.1 Å². The predicted octanol–water partition coefficient (Wildman–Crippen LogP) is 4.09. The average molecular weight is 464 g/mol. The first-order valence-electron chi connectivity index (χ1n) is 11.5. The fourth-order valence-corrected chi connectivity index (χ4v) is 4.20. The number of benzene rings is 1. The molecule has 2 saturated heterocycles. The van der Waals surface area contributed by atoms with Gasteiger partial charge in [0.1, 0.15) is 22.9 Å². The van der Waals surface area contributed by atoms with Gasteiger partial charge in [0.2, 0.25) is 0 Å². The Kier molecular flexibility index (Phi) is 8.03. The highest BCUT2D eigenvalue weighted by Crippen LogP contribution is 2.35. The van der Waals surface area contributed by atoms with Crippen molar-refractivity contribution in [3.8, 4) is 5.75 Å². The number of carbonyl (C=O) groups excluding carboxylic acids is 2. The number of rotatable bonds is 7. The third-order valence-electron chi connectivity index (χ3n) is 5.80. The number of nitrogens with zero attached hydrogens (tertiary/aromatic N) is 1. The van der Waals surface area contributed by atoms with Gasteiger partial charge in [-0.05, 0) is 58.7 Å². The number of ketones is 1. The van der Waals surface area contributed by atoms with Crippen LogP contribution in [0.3, 0.4) is 0 Å². The molecular weight excluding hydrogens is 426 g/mol. The van der Waals surface area contributed by atoms with Gasteiger partial charge in [-0.25, -0.2) is 4.79 Å². The van der Waals surface area contributed by atoms with Crippen LogP contribution in [0.25, 0.3) is 0 Å². The smallest absolute Gasteiger partial charge is 0.412 e. The third kappa shape index (κ3) is 6.91. The van der Waals surface area contributed by atoms with Crippen LogP contribution >= 0.6 is 0 Å². The van der Waals surface area contributed by atoms with Crippen molar-refractivity contribution in [3.63, 3.8) is 0 Å². The van der Waals surface area contributed by atoms with E-state index in [1.807, 2.05) is 58.9 Å². The van der Waals surface area contributed by atoms with Crippen LogP contribution in [0.2, 0.25) is 0 Å². The summed E-state index contributed by atoms with van der Waals surface area (Å²) < 4.78 is 28.7. The van der Waals surface area contributed by atoms with Crippen molar-refractivity contribution in [1.82, 2.24) is 4.90 Å². The topological polar surface area (TPSA) is 83.5 Å². The summed E-state index contributed by atoms with van der Waals surface area (Å²) in [5, 5.41) is 0. The molecule has 1 amide bonds. The van der Waals surface area contributed by atoms with Gasteiger partial charge >= 0.3 is 6.09 Å². The lowest BCUT2D eigenvalue weighted by molar-refractivity contribution is -0.143. The van der Waals surface area contributed by atoms with E-state index in [1.54, 1.807) is 12.0 Å². The molecule has 3 atom stereocenters. The van der Waals surface area contributed by atoms with Crippen LogP contribution < -0.4 is 4.74 Å². The fraction of sp³-hybridized carbons (Fsp3) is 0.680. The van der Waals surface area contributed by atoms with Crippen LogP contribution in [0.5, 0.6) is 5.75 Å². The largest absolute Gasteiger partial charge is 0.497 e. The van der Waals surface area contributed by atoms with Crippen molar-refractivity contribution in [3.05, 3.63) is 29.8 Å². The second-order valence-electron chi connectivity index (χ2n) is 10.1. The SMILES string of the molecule is COc1ccc(COCC[C@H]2CC(=O)C[C@H]([C@H]3COC(C)(C)N3C(=O)OC(C)(C)C)O2)cc1. The maximum absolute atomic E-state index is 12.9. The van der Waals surface area contributed by atoms with Gasteiger partial charge in [-0.1, -0.05) is 12.1 Å². The Bertz CT molecular complexity index is 815. The maximum Gasteiger partial charge on any atom is 0.412 e. The summed E-state index contributed by atoms with van der Waals surface area (Å²) in [7, 11) is 1.63. The van der Waals surface area contributed by atoms with E-state index in [0.29, 0.717) is 32.7 Å². The van der Waals surface area contributed by atoms with E-state index in [2.05, 4.69) is 0 Å². The van der Waals surface area contributed by atoms with Crippen molar-refractivity contribution in [1.29, 1.82) is 0 Å². The van der Waals surface area contributed by atoms with Crippen LogP contribution in [-0.4, -0.2) is 66.7 Å². The number of hydrogen-bond donors (Lipinski definition) is 0. The highest BCUT2D eigenvalue weighted by Gasteiger charge is 2.50. The number of carbonyl (C=O) groups is 2. The Morgan fingerprint density at radius 2 is 1.88 bits per heavy atom. The second kappa shape index (κ2) is 10.4. The van der Waals surface area contributed by atoms with Gasteiger partial charge in [0, 0.05) is 19.4 Å². The second-order valence-corrected chi connectivity index (χ2v) is 10.1. The van der Waals surface area contributed by atoms with Crippen LogP contribution in [0.4, 0.5) is 4.79 Å². The molecule has 2 aliphatic rings. The first-order chi connectivity index (χ1) is 15.5. The molecule has 0 spiro atoms. The van der Waals surface area contributed by atoms with E-state index in [9.17, 15) is 9.59 Å². The number of methoxy groups -OCH3 is 1. The number of hydrogen-bond acceptors (Lipinski definition) is 7. The van der Waals surface area contributed by atoms with E-state index in [4.69, 9.17) is 23.7 Å². The highest BCUT2D eigenvalue weighted by molar-refractivity contribution is 5.80. The lowest BCUT2D eigenvalue weighted by Gasteiger charge is -2.39. The van der Waals surface area contributed by atoms with Crippen molar-refractivity contribution in [2.24, 2.45) is 0 Å². The zero-order chi connectivity index (χ0) is 24.2. The summed E-state index contributed by atoms with van der Waals surface area (Å²) in [6, 6.07) is 7.33. The summed E-state index contributed by atoms with van der Waals surface area (Å²) in [5.74, 6) is 0.929. The Hall–Kier alpha value is -2.16. The molecule has 0 N–H and O–H groups in total. The van der Waals surface area contributed by atoms with Gasteiger partial charge in [-0.3, -0.25) is 9.69 Å². The Morgan fingerprint density at radius 3 is 2.52 bits per heavy atom. The average Bonchev–Trinajstić information content (AvgIpc) is 3.05. The standard InChI is InChI=1S/C25H37NO7/c1-24(2,3)33-23(28)26-21(16-31-25(26,4)5)22-14-18(27)13-20(32-22)11-12-30-15-17-7-9-19(29-6)10-8-17/h7-10,20-22H,11-16H2,1-6H3/t20-,21+,22+/m0/s1. The summed E-state index contributed by atoms with van der Waals surface area (Å²) in [5.41, 5.74) is -0.422. The zero-order valence-electron chi connectivity index (χ0n) is 20.6. The van der Waals surface area contributed by atoms with Crippen LogP contribution in [0.15, 0.2) is 24.3 Å². The van der Waals surface area contributed by atoms with E-state index < -0.39 is 23.5 Å². The van der Waals surface area contributed by atoms with Gasteiger partial charge < -0.3 is 23.7 Å². The van der Waals surface area contributed by atoms with Gasteiger partial charge in [-0.2, -0.15) is 0 Å². The van der Waals surface area contributed by atoms with Crippen LogP contribution in [0, 0.1) is 0 Å². The molecule has 2 heterocycles. The number of amides is 1. The Balaban J connectivity index is 1.56. The molecule has 1 aromatic rings. The fourth-order valence-electron chi connectivity index (χ4n) is 4.20. The molecule has 3 rings (SSSR count). The number of ether oxygens (including phenoxy) is 5. The van der Waals surface area contributed by atoms with Crippen molar-refractivity contribution >= 4 is 11.9 Å². The molecule has 0 radical (unpaired) electrons. The van der Waals surface area contributed by atoms with Gasteiger partial charge in [0.05, 0.1) is 38.6 Å². The normalized spacial score (nSPS) is 25.2. The molecule has 0 aliphatic carbocycles. The molecule has 0 bridgehead atoms. The zero-order valence-corrected chi connectivity index (χ0v) is 20.6. The molecular formula is C25H37NO7. The Labute approximate surface area is 196 Å². The minimum Gasteiger partial charge on any atom is -0.497 e. The molecule has 0 aromatic heterocycles. The molecule has 2 fully saturated rings. The summed E-state index contributed by atoms with van der Waals surface area (Å²) in [6.45, 7) is 10.4.